The van der Waals surface area contributed by atoms with Crippen LogP contribution >= 0.6 is 0 Å². The molecule has 0 spiro atoms. The lowest BCUT2D eigenvalue weighted by molar-refractivity contribution is -0.384. The molecule has 3 heterocycles. The van der Waals surface area contributed by atoms with E-state index < -0.39 is 4.92 Å². The van der Waals surface area contributed by atoms with Crippen LogP contribution in [0.15, 0.2) is 34.9 Å². The summed E-state index contributed by atoms with van der Waals surface area (Å²) in [5.41, 5.74) is 0.839. The summed E-state index contributed by atoms with van der Waals surface area (Å²) >= 11 is 0. The van der Waals surface area contributed by atoms with Crippen LogP contribution in [0.5, 0.6) is 0 Å². The van der Waals surface area contributed by atoms with Crippen molar-refractivity contribution in [3.8, 4) is 0 Å². The third-order valence-electron chi connectivity index (χ3n) is 4.96. The number of nitrogens with zero attached hydrogens (tertiary/aromatic N) is 6. The summed E-state index contributed by atoms with van der Waals surface area (Å²) in [6.07, 6.45) is 0. The Morgan fingerprint density at radius 3 is 2.59 bits per heavy atom. The van der Waals surface area contributed by atoms with Gasteiger partial charge in [0.2, 0.25) is 5.89 Å². The second kappa shape index (κ2) is 6.92. The van der Waals surface area contributed by atoms with Crippen LogP contribution in [-0.2, 0) is 0 Å². The van der Waals surface area contributed by atoms with E-state index in [9.17, 15) is 10.1 Å². The summed E-state index contributed by atoms with van der Waals surface area (Å²) < 4.78 is 5.29. The highest BCUT2D eigenvalue weighted by Gasteiger charge is 2.26. The molecule has 140 valence electrons. The SMILES string of the molecule is Cc1noc(C(C)N2CCN(c3ccc4cc([N+](=O)[O-])ccc4n3)CC2)n1. The highest BCUT2D eigenvalue weighted by Crippen LogP contribution is 2.25. The van der Waals surface area contributed by atoms with E-state index in [-0.39, 0.29) is 11.7 Å². The predicted molar refractivity (Wildman–Crippen MR) is 99.6 cm³/mol. The maximum Gasteiger partial charge on any atom is 0.270 e. The molecule has 1 atom stereocenters. The Bertz CT molecular complexity index is 980. The molecule has 1 fully saturated rings. The van der Waals surface area contributed by atoms with Gasteiger partial charge in [-0.3, -0.25) is 15.0 Å². The van der Waals surface area contributed by atoms with Crippen LogP contribution in [0.4, 0.5) is 11.5 Å². The number of nitro groups is 1. The van der Waals surface area contributed by atoms with Crippen LogP contribution in [0.2, 0.25) is 0 Å². The third-order valence-corrected chi connectivity index (χ3v) is 4.96. The number of nitro benzene ring substituents is 1. The van der Waals surface area contributed by atoms with Crippen LogP contribution in [0.25, 0.3) is 10.9 Å². The zero-order chi connectivity index (χ0) is 19.0. The highest BCUT2D eigenvalue weighted by atomic mass is 16.6. The number of piperazine rings is 1. The minimum absolute atomic E-state index is 0.0796. The number of aromatic nitrogens is 3. The first-order valence-electron chi connectivity index (χ1n) is 8.85. The van der Waals surface area contributed by atoms with E-state index in [0.717, 1.165) is 42.9 Å². The number of pyridine rings is 1. The van der Waals surface area contributed by atoms with Crippen LogP contribution in [0.3, 0.4) is 0 Å². The van der Waals surface area contributed by atoms with E-state index in [4.69, 9.17) is 4.52 Å². The van der Waals surface area contributed by atoms with Crippen molar-refractivity contribution in [1.82, 2.24) is 20.0 Å². The molecule has 0 aliphatic carbocycles. The number of fused-ring (bicyclic) bond motifs is 1. The molecule has 1 aliphatic rings. The number of anilines is 1. The zero-order valence-electron chi connectivity index (χ0n) is 15.2. The van der Waals surface area contributed by atoms with Gasteiger partial charge < -0.3 is 9.42 Å². The first-order valence-corrected chi connectivity index (χ1v) is 8.85. The number of hydrogen-bond donors (Lipinski definition) is 0. The van der Waals surface area contributed by atoms with Gasteiger partial charge in [0.1, 0.15) is 5.82 Å². The lowest BCUT2D eigenvalue weighted by Crippen LogP contribution is -2.47. The average Bonchev–Trinajstić information content (AvgIpc) is 3.13. The van der Waals surface area contributed by atoms with Crippen LogP contribution in [0, 0.1) is 17.0 Å². The number of hydrogen-bond acceptors (Lipinski definition) is 8. The molecule has 0 amide bonds. The maximum absolute atomic E-state index is 10.9. The van der Waals surface area contributed by atoms with Crippen molar-refractivity contribution in [2.45, 2.75) is 19.9 Å². The first-order chi connectivity index (χ1) is 13.0. The van der Waals surface area contributed by atoms with Crippen LogP contribution < -0.4 is 4.90 Å². The van der Waals surface area contributed by atoms with Crippen LogP contribution in [-0.4, -0.2) is 51.1 Å². The fraction of sp³-hybridized carbons (Fsp3) is 0.389. The van der Waals surface area contributed by atoms with E-state index in [1.807, 2.05) is 19.1 Å². The minimum Gasteiger partial charge on any atom is -0.354 e. The summed E-state index contributed by atoms with van der Waals surface area (Å²) in [5, 5.41) is 15.5. The number of aryl methyl sites for hydroxylation is 1. The fourth-order valence-corrected chi connectivity index (χ4v) is 3.37. The summed E-state index contributed by atoms with van der Waals surface area (Å²) in [7, 11) is 0. The topological polar surface area (TPSA) is 101 Å². The smallest absolute Gasteiger partial charge is 0.270 e. The molecular formula is C18H20N6O3. The lowest BCUT2D eigenvalue weighted by Gasteiger charge is -2.37. The van der Waals surface area contributed by atoms with E-state index in [2.05, 4.69) is 31.8 Å². The Morgan fingerprint density at radius 1 is 1.15 bits per heavy atom. The minimum atomic E-state index is -0.390. The van der Waals surface area contributed by atoms with Crippen molar-refractivity contribution in [2.24, 2.45) is 0 Å². The molecule has 1 aliphatic heterocycles. The summed E-state index contributed by atoms with van der Waals surface area (Å²) in [6, 6.07) is 8.64. The molecule has 27 heavy (non-hydrogen) atoms. The molecule has 0 saturated carbocycles. The molecule has 4 rings (SSSR count). The van der Waals surface area contributed by atoms with Gasteiger partial charge in [-0.1, -0.05) is 5.16 Å². The Morgan fingerprint density at radius 2 is 1.93 bits per heavy atom. The van der Waals surface area contributed by atoms with Crippen molar-refractivity contribution in [2.75, 3.05) is 31.1 Å². The molecule has 2 aromatic heterocycles. The standard InChI is InChI=1S/C18H20N6O3/c1-12(18-19-13(2)21-27-18)22-7-9-23(10-8-22)17-6-3-14-11-15(24(25)26)4-5-16(14)20-17/h3-6,11-12H,7-10H2,1-2H3. The van der Waals surface area contributed by atoms with E-state index in [1.165, 1.54) is 6.07 Å². The van der Waals surface area contributed by atoms with Crippen LogP contribution in [0.1, 0.15) is 24.7 Å². The lowest BCUT2D eigenvalue weighted by atomic mass is 10.2. The van der Waals surface area contributed by atoms with Crippen molar-refractivity contribution in [1.29, 1.82) is 0 Å². The second-order valence-electron chi connectivity index (χ2n) is 6.68. The van der Waals surface area contributed by atoms with Gasteiger partial charge >= 0.3 is 0 Å². The normalized spacial score (nSPS) is 16.6. The highest BCUT2D eigenvalue weighted by molar-refractivity contribution is 5.82. The quantitative estimate of drug-likeness (QED) is 0.512. The molecule has 0 radical (unpaired) electrons. The van der Waals surface area contributed by atoms with Crippen molar-refractivity contribution < 1.29 is 9.45 Å². The molecule has 3 aromatic rings. The van der Waals surface area contributed by atoms with Gasteiger partial charge in [-0.15, -0.1) is 0 Å². The predicted octanol–water partition coefficient (Wildman–Crippen LogP) is 2.72. The van der Waals surface area contributed by atoms with E-state index in [0.29, 0.717) is 11.7 Å². The van der Waals surface area contributed by atoms with Gasteiger partial charge in [-0.25, -0.2) is 4.98 Å². The largest absolute Gasteiger partial charge is 0.354 e. The molecule has 1 aromatic carbocycles. The van der Waals surface area contributed by atoms with Gasteiger partial charge in [0, 0.05) is 43.7 Å². The molecule has 1 saturated heterocycles. The fourth-order valence-electron chi connectivity index (χ4n) is 3.37. The van der Waals surface area contributed by atoms with E-state index >= 15 is 0 Å². The van der Waals surface area contributed by atoms with E-state index in [1.54, 1.807) is 12.1 Å². The summed E-state index contributed by atoms with van der Waals surface area (Å²) in [6.45, 7) is 7.29. The third kappa shape index (κ3) is 3.45. The van der Waals surface area contributed by atoms with Crippen molar-refractivity contribution >= 4 is 22.4 Å². The zero-order valence-corrected chi connectivity index (χ0v) is 15.2. The van der Waals surface area contributed by atoms with Gasteiger partial charge in [0.15, 0.2) is 5.82 Å². The Balaban J connectivity index is 1.46. The Hall–Kier alpha value is -3.07. The number of non-ortho nitro benzene ring substituents is 1. The molecular weight excluding hydrogens is 348 g/mol. The Labute approximate surface area is 155 Å². The first kappa shape index (κ1) is 17.3. The van der Waals surface area contributed by atoms with Gasteiger partial charge in [0.25, 0.3) is 5.69 Å². The maximum atomic E-state index is 10.9. The molecule has 1 unspecified atom stereocenters. The average molecular weight is 368 g/mol. The van der Waals surface area contributed by atoms with Gasteiger partial charge in [-0.05, 0) is 32.0 Å². The van der Waals surface area contributed by atoms with Crippen molar-refractivity contribution in [3.05, 3.63) is 52.2 Å². The Kier molecular flexibility index (Phi) is 4.44. The summed E-state index contributed by atoms with van der Waals surface area (Å²) in [4.78, 5) is 24.1. The van der Waals surface area contributed by atoms with Crippen molar-refractivity contribution in [3.63, 3.8) is 0 Å². The molecule has 9 nitrogen and oxygen atoms in total. The number of benzene rings is 1. The second-order valence-corrected chi connectivity index (χ2v) is 6.68. The summed E-state index contributed by atoms with van der Waals surface area (Å²) in [5.74, 6) is 2.18. The monoisotopic (exact) mass is 368 g/mol. The number of rotatable bonds is 4. The molecule has 9 heteroatoms. The molecule has 0 bridgehead atoms. The van der Waals surface area contributed by atoms with Gasteiger partial charge in [-0.2, -0.15) is 4.98 Å². The molecule has 0 N–H and O–H groups in total. The van der Waals surface area contributed by atoms with Gasteiger partial charge in [0.05, 0.1) is 16.5 Å².